The van der Waals surface area contributed by atoms with Crippen LogP contribution >= 0.6 is 0 Å². The van der Waals surface area contributed by atoms with E-state index in [1.165, 1.54) is 77.2 Å². The first-order chi connectivity index (χ1) is 26.4. The van der Waals surface area contributed by atoms with Crippen LogP contribution in [0.5, 0.6) is 0 Å². The van der Waals surface area contributed by atoms with Crippen LogP contribution in [0.4, 0.5) is 0 Å². The van der Waals surface area contributed by atoms with E-state index in [4.69, 9.17) is 0 Å². The summed E-state index contributed by atoms with van der Waals surface area (Å²) in [6.07, 6.45) is 2.17. The molecule has 280 valence electrons. The van der Waals surface area contributed by atoms with Crippen molar-refractivity contribution in [3.8, 4) is 44.5 Å². The van der Waals surface area contributed by atoms with Crippen molar-refractivity contribution >= 4 is 31.1 Å². The van der Waals surface area contributed by atoms with Gasteiger partial charge in [-0.05, 0) is 34.8 Å². The fourth-order valence-electron chi connectivity index (χ4n) is 7.63. The monoisotopic (exact) mass is 822 g/mol. The molecule has 2 heteroatoms. The van der Waals surface area contributed by atoms with E-state index < -0.39 is 0 Å². The second kappa shape index (κ2) is 19.2. The van der Waals surface area contributed by atoms with Crippen LogP contribution in [-0.4, -0.2) is 9.52 Å². The molecule has 0 bridgehead atoms. The number of benzene rings is 6. The van der Waals surface area contributed by atoms with Gasteiger partial charge in [0.15, 0.2) is 0 Å². The third kappa shape index (κ3) is 10.9. The first kappa shape index (κ1) is 42.8. The standard InChI is InChI=1S/2C26H25.C2H6Si.Zr/c2*1-26(2,3)18-19-16-24-22(20-10-6-4-7-11-20)14-15-23(25(24)17-19)21-12-8-5-9-13-21;1-3-2;/h2*4-17H,18H2,1-3H3;1-2H3;/q2*-1;;+2. The Kier molecular flexibility index (Phi) is 14.7. The molecule has 0 atom stereocenters. The molecule has 0 saturated carbocycles. The summed E-state index contributed by atoms with van der Waals surface area (Å²) in [5, 5.41) is 5.43. The van der Waals surface area contributed by atoms with Gasteiger partial charge in [-0.2, -0.15) is 12.1 Å². The molecule has 8 aromatic rings. The van der Waals surface area contributed by atoms with Crippen molar-refractivity contribution < 1.29 is 26.2 Å². The van der Waals surface area contributed by atoms with Gasteiger partial charge in [0.2, 0.25) is 0 Å². The first-order valence-corrected chi connectivity index (χ1v) is 21.7. The van der Waals surface area contributed by atoms with Crippen LogP contribution in [0.25, 0.3) is 66.1 Å². The van der Waals surface area contributed by atoms with E-state index in [9.17, 15) is 0 Å². The zero-order valence-electron chi connectivity index (χ0n) is 34.6. The zero-order valence-corrected chi connectivity index (χ0v) is 38.0. The maximum Gasteiger partial charge on any atom is 2.00 e. The van der Waals surface area contributed by atoms with Crippen LogP contribution in [0.1, 0.15) is 52.7 Å². The Hall–Kier alpha value is -4.36. The van der Waals surface area contributed by atoms with Crippen LogP contribution in [0.15, 0.2) is 170 Å². The Morgan fingerprint density at radius 3 is 0.911 bits per heavy atom. The molecule has 0 saturated heterocycles. The summed E-state index contributed by atoms with van der Waals surface area (Å²) in [5.74, 6) is 0. The van der Waals surface area contributed by atoms with Crippen LogP contribution < -0.4 is 0 Å². The van der Waals surface area contributed by atoms with Gasteiger partial charge in [-0.15, -0.1) is 44.8 Å². The minimum atomic E-state index is 0. The Morgan fingerprint density at radius 2 is 0.643 bits per heavy atom. The molecule has 0 fully saturated rings. The molecule has 8 aromatic carbocycles. The molecule has 0 unspecified atom stereocenters. The van der Waals surface area contributed by atoms with Gasteiger partial charge in [0.05, 0.1) is 0 Å². The number of hydrogen-bond donors (Lipinski definition) is 0. The van der Waals surface area contributed by atoms with Gasteiger partial charge in [0, 0.05) is 9.52 Å². The average molecular weight is 824 g/mol. The predicted molar refractivity (Wildman–Crippen MR) is 245 cm³/mol. The Morgan fingerprint density at radius 1 is 0.393 bits per heavy atom. The van der Waals surface area contributed by atoms with Crippen molar-refractivity contribution in [3.63, 3.8) is 0 Å². The van der Waals surface area contributed by atoms with E-state index in [2.05, 4.69) is 224 Å². The zero-order chi connectivity index (χ0) is 39.0. The smallest absolute Gasteiger partial charge is 0.164 e. The molecular formula is C54H56SiZr. The predicted octanol–water partition coefficient (Wildman–Crippen LogP) is 15.7. The molecule has 0 aromatic heterocycles. The van der Waals surface area contributed by atoms with Crippen LogP contribution in [0, 0.1) is 10.8 Å². The quantitative estimate of drug-likeness (QED) is 0.116. The fourth-order valence-corrected chi connectivity index (χ4v) is 7.63. The van der Waals surface area contributed by atoms with Crippen molar-refractivity contribution in [2.24, 2.45) is 10.8 Å². The van der Waals surface area contributed by atoms with Crippen molar-refractivity contribution in [2.45, 2.75) is 67.5 Å². The maximum absolute atomic E-state index is 2.40. The third-order valence-corrected chi connectivity index (χ3v) is 9.70. The van der Waals surface area contributed by atoms with Crippen molar-refractivity contribution in [2.75, 3.05) is 0 Å². The topological polar surface area (TPSA) is 0 Å². The van der Waals surface area contributed by atoms with Crippen molar-refractivity contribution in [1.29, 1.82) is 0 Å². The SMILES string of the molecule is CC(C)(C)Cc1cc2c(-c3ccccc3)ccc(-c3ccccc3)c2[cH-]1.CC(C)(C)Cc1cc2c(-c3ccccc3)ccc(-c3ccccc3)c2[cH-]1.C[Si]C.[Zr+2]. The molecule has 0 aliphatic rings. The molecule has 0 aliphatic heterocycles. The second-order valence-electron chi connectivity index (χ2n) is 17.1. The van der Waals surface area contributed by atoms with E-state index in [-0.39, 0.29) is 37.0 Å². The van der Waals surface area contributed by atoms with Crippen LogP contribution in [0.3, 0.4) is 0 Å². The summed E-state index contributed by atoms with van der Waals surface area (Å²) < 4.78 is 0. The molecule has 0 spiro atoms. The molecule has 0 N–H and O–H groups in total. The summed E-state index contributed by atoms with van der Waals surface area (Å²) in [6.45, 7) is 18.1. The van der Waals surface area contributed by atoms with Crippen molar-refractivity contribution in [1.82, 2.24) is 0 Å². The van der Waals surface area contributed by atoms with Crippen LogP contribution in [-0.2, 0) is 39.0 Å². The van der Waals surface area contributed by atoms with Gasteiger partial charge in [-0.25, -0.2) is 0 Å². The molecule has 0 amide bonds. The largest absolute Gasteiger partial charge is 2.00 e. The van der Waals surface area contributed by atoms with Gasteiger partial charge >= 0.3 is 26.2 Å². The molecule has 0 nitrogen and oxygen atoms in total. The van der Waals surface area contributed by atoms with E-state index in [1.54, 1.807) is 0 Å². The number of rotatable bonds is 6. The Balaban J connectivity index is 0.000000197. The van der Waals surface area contributed by atoms with Gasteiger partial charge in [0.1, 0.15) is 0 Å². The van der Waals surface area contributed by atoms with E-state index in [0.29, 0.717) is 0 Å². The van der Waals surface area contributed by atoms with Gasteiger partial charge in [0.25, 0.3) is 0 Å². The first-order valence-electron chi connectivity index (χ1n) is 19.7. The third-order valence-electron chi connectivity index (χ3n) is 9.70. The minimum Gasteiger partial charge on any atom is -0.164 e. The van der Waals surface area contributed by atoms with E-state index in [1.807, 2.05) is 0 Å². The molecule has 0 aliphatic carbocycles. The van der Waals surface area contributed by atoms with Gasteiger partial charge in [-0.3, -0.25) is 0 Å². The average Bonchev–Trinajstić information content (AvgIpc) is 3.78. The summed E-state index contributed by atoms with van der Waals surface area (Å²) in [5.41, 5.74) is 13.8. The minimum absolute atomic E-state index is 0. The number of fused-ring (bicyclic) bond motifs is 2. The Labute approximate surface area is 358 Å². The summed E-state index contributed by atoms with van der Waals surface area (Å²) in [7, 11) is 1.08. The Bertz CT molecular complexity index is 2080. The van der Waals surface area contributed by atoms with E-state index >= 15 is 0 Å². The molecular weight excluding hydrogens is 768 g/mol. The summed E-state index contributed by atoms with van der Waals surface area (Å²) in [4.78, 5) is 0. The molecule has 2 radical (unpaired) electrons. The fraction of sp³-hybridized carbons (Fsp3) is 0.222. The molecule has 56 heavy (non-hydrogen) atoms. The molecule has 0 heterocycles. The summed E-state index contributed by atoms with van der Waals surface area (Å²) >= 11 is 0. The van der Waals surface area contributed by atoms with Crippen LogP contribution in [0.2, 0.25) is 13.1 Å². The van der Waals surface area contributed by atoms with E-state index in [0.717, 1.165) is 22.4 Å². The van der Waals surface area contributed by atoms with Gasteiger partial charge < -0.3 is 0 Å². The maximum atomic E-state index is 2.40. The number of hydrogen-bond acceptors (Lipinski definition) is 0. The van der Waals surface area contributed by atoms with Gasteiger partial charge in [-0.1, -0.05) is 234 Å². The normalized spacial score (nSPS) is 11.3. The summed E-state index contributed by atoms with van der Waals surface area (Å²) in [6, 6.07) is 61.6. The van der Waals surface area contributed by atoms with Crippen molar-refractivity contribution in [3.05, 3.63) is 181 Å². The molecule has 8 rings (SSSR count). The second-order valence-corrected chi connectivity index (χ2v) is 18.1.